The first-order valence-electron chi connectivity index (χ1n) is 13.8. The molecule has 0 N–H and O–H groups in total. The molecule has 2 aliphatic heterocycles. The number of aryl methyl sites for hydroxylation is 1. The number of amides is 1. The zero-order valence-electron chi connectivity index (χ0n) is 21.6. The zero-order valence-corrected chi connectivity index (χ0v) is 21.6. The predicted molar refractivity (Wildman–Crippen MR) is 145 cm³/mol. The van der Waals surface area contributed by atoms with Crippen LogP contribution in [0.2, 0.25) is 0 Å². The average molecular weight is 478 g/mol. The summed E-state index contributed by atoms with van der Waals surface area (Å²) >= 11 is 0. The summed E-state index contributed by atoms with van der Waals surface area (Å²) in [7, 11) is 0. The van der Waals surface area contributed by atoms with Crippen LogP contribution in [-0.2, 0) is 6.42 Å². The predicted octanol–water partition coefficient (Wildman–Crippen LogP) is 5.64. The molecule has 0 unspecified atom stereocenters. The number of carbonyl (C=O) groups is 1. The summed E-state index contributed by atoms with van der Waals surface area (Å²) in [5.41, 5.74) is 3.31. The van der Waals surface area contributed by atoms with Gasteiger partial charge in [-0.3, -0.25) is 4.79 Å². The van der Waals surface area contributed by atoms with Crippen molar-refractivity contribution < 1.29 is 9.53 Å². The van der Waals surface area contributed by atoms with Crippen molar-refractivity contribution in [2.24, 2.45) is 0 Å². The monoisotopic (exact) mass is 477 g/mol. The van der Waals surface area contributed by atoms with Crippen LogP contribution in [0.1, 0.15) is 67.8 Å². The molecule has 2 heterocycles. The molecule has 5 heteroatoms. The van der Waals surface area contributed by atoms with Crippen molar-refractivity contribution in [3.8, 4) is 5.75 Å². The van der Waals surface area contributed by atoms with E-state index in [0.717, 1.165) is 63.5 Å². The van der Waals surface area contributed by atoms with Crippen LogP contribution in [0.15, 0.2) is 48.5 Å². The quantitative estimate of drug-likeness (QED) is 0.393. The van der Waals surface area contributed by atoms with Gasteiger partial charge in [0, 0.05) is 44.0 Å². The van der Waals surface area contributed by atoms with Crippen molar-refractivity contribution >= 4 is 11.6 Å². The maximum absolute atomic E-state index is 13.1. The topological polar surface area (TPSA) is 36.0 Å². The zero-order chi connectivity index (χ0) is 24.3. The molecule has 0 atom stereocenters. The summed E-state index contributed by atoms with van der Waals surface area (Å²) in [6.07, 6.45) is 9.87. The van der Waals surface area contributed by atoms with Gasteiger partial charge in [0.2, 0.25) is 0 Å². The molecule has 0 saturated carbocycles. The van der Waals surface area contributed by atoms with Crippen molar-refractivity contribution in [3.63, 3.8) is 0 Å². The second-order valence-corrected chi connectivity index (χ2v) is 10.0. The second-order valence-electron chi connectivity index (χ2n) is 10.0. The van der Waals surface area contributed by atoms with Gasteiger partial charge in [0.1, 0.15) is 5.75 Å². The molecule has 2 fully saturated rings. The average Bonchev–Trinajstić information content (AvgIpc) is 2.92. The van der Waals surface area contributed by atoms with Crippen LogP contribution in [0.4, 0.5) is 5.69 Å². The minimum atomic E-state index is 0.162. The number of piperazine rings is 1. The Morgan fingerprint density at radius 3 is 2.37 bits per heavy atom. The van der Waals surface area contributed by atoms with Crippen LogP contribution in [0, 0.1) is 0 Å². The maximum Gasteiger partial charge on any atom is 0.253 e. The van der Waals surface area contributed by atoms with Crippen LogP contribution in [0.25, 0.3) is 0 Å². The van der Waals surface area contributed by atoms with E-state index in [1.54, 1.807) is 0 Å². The third kappa shape index (κ3) is 7.73. The number of hydrogen-bond acceptors (Lipinski definition) is 4. The van der Waals surface area contributed by atoms with Gasteiger partial charge >= 0.3 is 0 Å². The smallest absolute Gasteiger partial charge is 0.253 e. The highest BCUT2D eigenvalue weighted by Gasteiger charge is 2.22. The Kier molecular flexibility index (Phi) is 9.88. The summed E-state index contributed by atoms with van der Waals surface area (Å²) in [5.74, 6) is 1.11. The van der Waals surface area contributed by atoms with Crippen LogP contribution in [0.5, 0.6) is 5.75 Å². The van der Waals surface area contributed by atoms with E-state index in [1.165, 1.54) is 62.9 Å². The number of rotatable bonds is 11. The lowest BCUT2D eigenvalue weighted by Gasteiger charge is -2.36. The summed E-state index contributed by atoms with van der Waals surface area (Å²) in [6, 6.07) is 16.7. The van der Waals surface area contributed by atoms with Gasteiger partial charge in [0.05, 0.1) is 6.61 Å². The number of anilines is 1. The minimum Gasteiger partial charge on any atom is -0.494 e. The van der Waals surface area contributed by atoms with Gasteiger partial charge in [0.25, 0.3) is 5.91 Å². The Balaban J connectivity index is 1.20. The lowest BCUT2D eigenvalue weighted by atomic mass is 10.0. The van der Waals surface area contributed by atoms with Crippen molar-refractivity contribution in [1.29, 1.82) is 0 Å². The highest BCUT2D eigenvalue weighted by Crippen LogP contribution is 2.22. The van der Waals surface area contributed by atoms with Crippen molar-refractivity contribution in [1.82, 2.24) is 9.80 Å². The molecule has 0 radical (unpaired) electrons. The van der Waals surface area contributed by atoms with E-state index >= 15 is 0 Å². The van der Waals surface area contributed by atoms with Crippen molar-refractivity contribution in [2.45, 2.75) is 58.3 Å². The highest BCUT2D eigenvalue weighted by molar-refractivity contribution is 5.94. The van der Waals surface area contributed by atoms with Crippen molar-refractivity contribution in [3.05, 3.63) is 59.7 Å². The number of hydrogen-bond donors (Lipinski definition) is 0. The number of carbonyl (C=O) groups excluding carboxylic acids is 1. The van der Waals surface area contributed by atoms with Gasteiger partial charge in [-0.15, -0.1) is 0 Å². The summed E-state index contributed by atoms with van der Waals surface area (Å²) in [6.45, 7) is 9.87. The van der Waals surface area contributed by atoms with Gasteiger partial charge in [-0.05, 0) is 87.2 Å². The molecule has 1 amide bonds. The van der Waals surface area contributed by atoms with Gasteiger partial charge < -0.3 is 19.4 Å². The Bertz CT molecular complexity index is 900. The van der Waals surface area contributed by atoms with Crippen LogP contribution in [-0.4, -0.2) is 68.1 Å². The Morgan fingerprint density at radius 1 is 0.857 bits per heavy atom. The second kappa shape index (κ2) is 13.5. The normalized spacial score (nSPS) is 16.9. The first-order valence-corrected chi connectivity index (χ1v) is 13.8. The van der Waals surface area contributed by atoms with Crippen LogP contribution < -0.4 is 9.64 Å². The highest BCUT2D eigenvalue weighted by atomic mass is 16.5. The van der Waals surface area contributed by atoms with E-state index in [4.69, 9.17) is 4.74 Å². The SMILES string of the molecule is CCCCCc1cccc(C(=O)N2CCN(c3ccc(OCCCN4CCCCC4)cc3)CC2)c1. The number of nitrogens with zero attached hydrogens (tertiary/aromatic N) is 3. The molecule has 0 aromatic heterocycles. The standard InChI is InChI=1S/C30H43N3O2/c1-2-3-5-10-26-11-8-12-27(25-26)30(34)33-22-20-32(21-23-33)28-13-15-29(16-14-28)35-24-9-19-31-17-6-4-7-18-31/h8,11-16,25H,2-7,9-10,17-24H2,1H3. The maximum atomic E-state index is 13.1. The number of benzene rings is 2. The molecule has 190 valence electrons. The largest absolute Gasteiger partial charge is 0.494 e. The van der Waals surface area contributed by atoms with E-state index < -0.39 is 0 Å². The van der Waals surface area contributed by atoms with Crippen LogP contribution >= 0.6 is 0 Å². The third-order valence-corrected chi connectivity index (χ3v) is 7.35. The Morgan fingerprint density at radius 2 is 1.63 bits per heavy atom. The van der Waals surface area contributed by atoms with Gasteiger partial charge in [-0.25, -0.2) is 0 Å². The number of piperidine rings is 1. The molecular weight excluding hydrogens is 434 g/mol. The van der Waals surface area contributed by atoms with E-state index in [9.17, 15) is 4.79 Å². The molecule has 0 spiro atoms. The first-order chi connectivity index (χ1) is 17.2. The summed E-state index contributed by atoms with van der Waals surface area (Å²) in [4.78, 5) is 20.0. The third-order valence-electron chi connectivity index (χ3n) is 7.35. The number of likely N-dealkylation sites (tertiary alicyclic amines) is 1. The molecule has 2 aromatic rings. The first kappa shape index (κ1) is 25.6. The van der Waals surface area contributed by atoms with Crippen LogP contribution in [0.3, 0.4) is 0 Å². The van der Waals surface area contributed by atoms with E-state index in [2.05, 4.69) is 53.1 Å². The molecular formula is C30H43N3O2. The molecule has 2 saturated heterocycles. The molecule has 2 aromatic carbocycles. The molecule has 0 aliphatic carbocycles. The lowest BCUT2D eigenvalue weighted by Crippen LogP contribution is -2.48. The fraction of sp³-hybridized carbons (Fsp3) is 0.567. The molecule has 4 rings (SSSR count). The molecule has 35 heavy (non-hydrogen) atoms. The van der Waals surface area contributed by atoms with E-state index in [-0.39, 0.29) is 5.91 Å². The molecule has 0 bridgehead atoms. The van der Waals surface area contributed by atoms with E-state index in [1.807, 2.05) is 17.0 Å². The molecule has 5 nitrogen and oxygen atoms in total. The lowest BCUT2D eigenvalue weighted by molar-refractivity contribution is 0.0746. The van der Waals surface area contributed by atoms with Gasteiger partial charge in [-0.1, -0.05) is 38.3 Å². The fourth-order valence-corrected chi connectivity index (χ4v) is 5.20. The Hall–Kier alpha value is -2.53. The summed E-state index contributed by atoms with van der Waals surface area (Å²) in [5, 5.41) is 0. The summed E-state index contributed by atoms with van der Waals surface area (Å²) < 4.78 is 5.98. The van der Waals surface area contributed by atoms with Gasteiger partial charge in [0.15, 0.2) is 0 Å². The van der Waals surface area contributed by atoms with Crippen molar-refractivity contribution in [2.75, 3.05) is 57.3 Å². The molecule has 2 aliphatic rings. The number of ether oxygens (including phenoxy) is 1. The Labute approximate surface area is 212 Å². The number of unbranched alkanes of at least 4 members (excludes halogenated alkanes) is 2. The fourth-order valence-electron chi connectivity index (χ4n) is 5.20. The van der Waals surface area contributed by atoms with Gasteiger partial charge in [-0.2, -0.15) is 0 Å². The van der Waals surface area contributed by atoms with E-state index in [0.29, 0.717) is 0 Å². The minimum absolute atomic E-state index is 0.162.